The van der Waals surface area contributed by atoms with Crippen molar-refractivity contribution in [2.24, 2.45) is 5.92 Å². The molecule has 0 saturated carbocycles. The van der Waals surface area contributed by atoms with Gasteiger partial charge in [0, 0.05) is 19.5 Å². The molecule has 0 aliphatic carbocycles. The molecule has 142 valence electrons. The summed E-state index contributed by atoms with van der Waals surface area (Å²) in [6.45, 7) is 2.19. The van der Waals surface area contributed by atoms with Gasteiger partial charge in [0.2, 0.25) is 17.7 Å². The van der Waals surface area contributed by atoms with Crippen LogP contribution < -0.4 is 10.6 Å². The Kier molecular flexibility index (Phi) is 6.59. The molecule has 0 radical (unpaired) electrons. The fraction of sp³-hybridized carbons (Fsp3) is 0.471. The van der Waals surface area contributed by atoms with Gasteiger partial charge in [-0.1, -0.05) is 6.92 Å². The highest BCUT2D eigenvalue weighted by Crippen LogP contribution is 2.20. The van der Waals surface area contributed by atoms with Crippen molar-refractivity contribution >= 4 is 23.4 Å². The number of likely N-dealkylation sites (tertiary alicyclic amines) is 1. The van der Waals surface area contributed by atoms with Gasteiger partial charge < -0.3 is 15.5 Å². The van der Waals surface area contributed by atoms with E-state index in [0.29, 0.717) is 31.9 Å². The molecule has 1 aromatic carbocycles. The van der Waals surface area contributed by atoms with Crippen LogP contribution in [0.15, 0.2) is 12.1 Å². The van der Waals surface area contributed by atoms with E-state index >= 15 is 0 Å². The van der Waals surface area contributed by atoms with Crippen LogP contribution >= 0.6 is 0 Å². The quantitative estimate of drug-likeness (QED) is 0.775. The number of piperidine rings is 1. The molecule has 6 nitrogen and oxygen atoms in total. The van der Waals surface area contributed by atoms with Crippen LogP contribution in [0.25, 0.3) is 0 Å². The topological polar surface area (TPSA) is 78.5 Å². The zero-order chi connectivity index (χ0) is 19.3. The summed E-state index contributed by atoms with van der Waals surface area (Å²) in [6, 6.07) is 1.58. The zero-order valence-corrected chi connectivity index (χ0v) is 14.3. The molecule has 26 heavy (non-hydrogen) atoms. The molecule has 2 N–H and O–H groups in total. The van der Waals surface area contributed by atoms with Gasteiger partial charge in [0.15, 0.2) is 17.5 Å². The Morgan fingerprint density at radius 3 is 2.62 bits per heavy atom. The Balaban J connectivity index is 1.86. The Morgan fingerprint density at radius 2 is 1.92 bits per heavy atom. The molecule has 1 fully saturated rings. The van der Waals surface area contributed by atoms with E-state index < -0.39 is 41.5 Å². The first-order chi connectivity index (χ1) is 12.3. The third-order valence-corrected chi connectivity index (χ3v) is 4.18. The van der Waals surface area contributed by atoms with Gasteiger partial charge in [-0.2, -0.15) is 0 Å². The van der Waals surface area contributed by atoms with Crippen LogP contribution in [-0.2, 0) is 14.4 Å². The maximum atomic E-state index is 13.5. The van der Waals surface area contributed by atoms with Crippen molar-refractivity contribution < 1.29 is 27.6 Å². The number of carbonyl (C=O) groups is 3. The van der Waals surface area contributed by atoms with E-state index in [-0.39, 0.29) is 18.4 Å². The summed E-state index contributed by atoms with van der Waals surface area (Å²) in [5, 5.41) is 4.49. The second-order valence-electron chi connectivity index (χ2n) is 6.02. The SMILES string of the molecule is CCC(=O)N1CCCC(C(=O)NCC(=O)Nc2ccc(F)c(F)c2F)C1. The van der Waals surface area contributed by atoms with Gasteiger partial charge in [0.25, 0.3) is 0 Å². The highest BCUT2D eigenvalue weighted by atomic mass is 19.2. The van der Waals surface area contributed by atoms with Crippen molar-refractivity contribution in [2.75, 3.05) is 25.0 Å². The van der Waals surface area contributed by atoms with Crippen molar-refractivity contribution in [3.63, 3.8) is 0 Å². The molecule has 0 aromatic heterocycles. The summed E-state index contributed by atoms with van der Waals surface area (Å²) in [5.74, 6) is -6.18. The van der Waals surface area contributed by atoms with E-state index in [9.17, 15) is 27.6 Å². The van der Waals surface area contributed by atoms with Crippen molar-refractivity contribution in [3.8, 4) is 0 Å². The smallest absolute Gasteiger partial charge is 0.243 e. The molecular formula is C17H20F3N3O3. The Morgan fingerprint density at radius 1 is 1.19 bits per heavy atom. The second-order valence-corrected chi connectivity index (χ2v) is 6.02. The van der Waals surface area contributed by atoms with Crippen LogP contribution in [0.4, 0.5) is 18.9 Å². The van der Waals surface area contributed by atoms with E-state index in [2.05, 4.69) is 10.6 Å². The number of benzene rings is 1. The van der Waals surface area contributed by atoms with Crippen LogP contribution in [0.5, 0.6) is 0 Å². The van der Waals surface area contributed by atoms with Crippen LogP contribution in [0.2, 0.25) is 0 Å². The predicted molar refractivity (Wildman–Crippen MR) is 87.6 cm³/mol. The van der Waals surface area contributed by atoms with Crippen LogP contribution in [0.3, 0.4) is 0 Å². The van der Waals surface area contributed by atoms with Crippen LogP contribution in [0, 0.1) is 23.4 Å². The first-order valence-electron chi connectivity index (χ1n) is 8.32. The van der Waals surface area contributed by atoms with Gasteiger partial charge in [0.1, 0.15) is 0 Å². The number of nitrogens with one attached hydrogen (secondary N) is 2. The van der Waals surface area contributed by atoms with Crippen molar-refractivity contribution in [2.45, 2.75) is 26.2 Å². The number of anilines is 1. The molecule has 3 amide bonds. The fourth-order valence-electron chi connectivity index (χ4n) is 2.77. The first kappa shape index (κ1) is 19.7. The summed E-state index contributed by atoms with van der Waals surface area (Å²) >= 11 is 0. The molecule has 1 atom stereocenters. The molecular weight excluding hydrogens is 351 g/mol. The number of nitrogens with zero attached hydrogens (tertiary/aromatic N) is 1. The minimum absolute atomic E-state index is 0.0333. The van der Waals surface area contributed by atoms with Gasteiger partial charge in [0.05, 0.1) is 18.2 Å². The lowest BCUT2D eigenvalue weighted by atomic mass is 9.97. The molecule has 1 saturated heterocycles. The number of carbonyl (C=O) groups excluding carboxylic acids is 3. The number of hydrogen-bond acceptors (Lipinski definition) is 3. The largest absolute Gasteiger partial charge is 0.347 e. The maximum absolute atomic E-state index is 13.5. The summed E-state index contributed by atoms with van der Waals surface area (Å²) in [4.78, 5) is 37.3. The normalized spacial score (nSPS) is 16.9. The van der Waals surface area contributed by atoms with E-state index in [1.54, 1.807) is 11.8 Å². The van der Waals surface area contributed by atoms with E-state index in [1.807, 2.05) is 0 Å². The second kappa shape index (κ2) is 8.68. The van der Waals surface area contributed by atoms with Crippen molar-refractivity contribution in [1.29, 1.82) is 0 Å². The number of halogens is 3. The summed E-state index contributed by atoms with van der Waals surface area (Å²) in [7, 11) is 0. The third kappa shape index (κ3) is 4.74. The Hall–Kier alpha value is -2.58. The van der Waals surface area contributed by atoms with E-state index in [1.165, 1.54) is 0 Å². The van der Waals surface area contributed by atoms with Gasteiger partial charge in [-0.15, -0.1) is 0 Å². The third-order valence-electron chi connectivity index (χ3n) is 4.18. The van der Waals surface area contributed by atoms with E-state index in [4.69, 9.17) is 0 Å². The number of hydrogen-bond donors (Lipinski definition) is 2. The minimum atomic E-state index is -1.69. The molecule has 1 aliphatic rings. The van der Waals surface area contributed by atoms with Gasteiger partial charge >= 0.3 is 0 Å². The lowest BCUT2D eigenvalue weighted by Gasteiger charge is -2.31. The molecule has 1 aromatic rings. The minimum Gasteiger partial charge on any atom is -0.347 e. The Bertz CT molecular complexity index is 712. The predicted octanol–water partition coefficient (Wildman–Crippen LogP) is 1.81. The van der Waals surface area contributed by atoms with E-state index in [0.717, 1.165) is 6.07 Å². The Labute approximate surface area is 148 Å². The zero-order valence-electron chi connectivity index (χ0n) is 14.3. The molecule has 1 aliphatic heterocycles. The molecule has 1 unspecified atom stereocenters. The molecule has 2 rings (SSSR count). The average Bonchev–Trinajstić information content (AvgIpc) is 2.66. The van der Waals surface area contributed by atoms with Gasteiger partial charge in [-0.25, -0.2) is 13.2 Å². The van der Waals surface area contributed by atoms with Crippen molar-refractivity contribution in [1.82, 2.24) is 10.2 Å². The summed E-state index contributed by atoms with van der Waals surface area (Å²) in [5.41, 5.74) is -0.513. The monoisotopic (exact) mass is 371 g/mol. The van der Waals surface area contributed by atoms with Crippen LogP contribution in [-0.4, -0.2) is 42.3 Å². The van der Waals surface area contributed by atoms with Gasteiger partial charge in [-0.05, 0) is 25.0 Å². The summed E-state index contributed by atoms with van der Waals surface area (Å²) < 4.78 is 39.5. The standard InChI is InChI=1S/C17H20F3N3O3/c1-2-14(25)23-7-3-4-10(9-23)17(26)21-8-13(24)22-12-6-5-11(18)15(19)16(12)20/h5-6,10H,2-4,7-9H2,1H3,(H,21,26)(H,22,24). The molecule has 1 heterocycles. The first-order valence-corrected chi connectivity index (χ1v) is 8.32. The highest BCUT2D eigenvalue weighted by molar-refractivity contribution is 5.95. The fourth-order valence-corrected chi connectivity index (χ4v) is 2.77. The van der Waals surface area contributed by atoms with Crippen LogP contribution in [0.1, 0.15) is 26.2 Å². The average molecular weight is 371 g/mol. The lowest BCUT2D eigenvalue weighted by Crippen LogP contribution is -2.46. The number of rotatable bonds is 5. The summed E-state index contributed by atoms with van der Waals surface area (Å²) in [6.07, 6.45) is 1.64. The highest BCUT2D eigenvalue weighted by Gasteiger charge is 2.28. The molecule has 0 bridgehead atoms. The lowest BCUT2D eigenvalue weighted by molar-refractivity contribution is -0.136. The maximum Gasteiger partial charge on any atom is 0.243 e. The van der Waals surface area contributed by atoms with Gasteiger partial charge in [-0.3, -0.25) is 14.4 Å². The molecule has 9 heteroatoms. The molecule has 0 spiro atoms. The van der Waals surface area contributed by atoms with Crippen molar-refractivity contribution in [3.05, 3.63) is 29.6 Å². The number of amides is 3.